The molecule has 0 atom stereocenters. The van der Waals surface area contributed by atoms with E-state index in [9.17, 15) is 0 Å². The molecule has 0 radical (unpaired) electrons. The first-order valence-electron chi connectivity index (χ1n) is 9.96. The van der Waals surface area contributed by atoms with Gasteiger partial charge >= 0.3 is 0 Å². The Morgan fingerprint density at radius 2 is 1.81 bits per heavy atom. The zero-order valence-corrected chi connectivity index (χ0v) is 18.9. The first-order chi connectivity index (χ1) is 15.1. The molecular weight excluding hydrogens is 406 g/mol. The van der Waals surface area contributed by atoms with Crippen LogP contribution in [-0.4, -0.2) is 18.5 Å². The number of nitrogens with two attached hydrogens (primary N) is 1. The molecule has 160 valence electrons. The molecule has 0 saturated carbocycles. The smallest absolute Gasteiger partial charge is 0.180 e. The maximum atomic E-state index is 6.00. The summed E-state index contributed by atoms with van der Waals surface area (Å²) in [5.41, 5.74) is 11.6. The predicted molar refractivity (Wildman–Crippen MR) is 130 cm³/mol. The Morgan fingerprint density at radius 1 is 1.00 bits per heavy atom. The van der Waals surface area contributed by atoms with Gasteiger partial charge in [0.1, 0.15) is 6.61 Å². The van der Waals surface area contributed by atoms with Crippen LogP contribution in [0.25, 0.3) is 0 Å². The second kappa shape index (κ2) is 11.2. The zero-order valence-electron chi connectivity index (χ0n) is 18.0. The van der Waals surface area contributed by atoms with Crippen LogP contribution < -0.4 is 15.2 Å². The molecule has 0 heterocycles. The molecule has 0 saturated heterocycles. The second-order valence-corrected chi connectivity index (χ2v) is 8.01. The van der Waals surface area contributed by atoms with Gasteiger partial charge in [0.25, 0.3) is 0 Å². The number of hydrogen-bond donors (Lipinski definition) is 1. The van der Waals surface area contributed by atoms with Crippen LogP contribution in [-0.2, 0) is 12.4 Å². The molecule has 5 nitrogen and oxygen atoms in total. The minimum atomic E-state index is 0.417. The molecule has 0 amide bonds. The molecule has 0 aliphatic heterocycles. The van der Waals surface area contributed by atoms with E-state index in [0.29, 0.717) is 23.3 Å². The Bertz CT molecular complexity index is 1070. The molecular formula is C25H27N3O2S. The van der Waals surface area contributed by atoms with E-state index >= 15 is 0 Å². The highest BCUT2D eigenvalue weighted by Crippen LogP contribution is 2.29. The summed E-state index contributed by atoms with van der Waals surface area (Å²) in [4.78, 5) is 0. The highest BCUT2D eigenvalue weighted by Gasteiger charge is 2.07. The monoisotopic (exact) mass is 433 g/mol. The largest absolute Gasteiger partial charge is 0.493 e. The van der Waals surface area contributed by atoms with E-state index in [2.05, 4.69) is 48.3 Å². The highest BCUT2D eigenvalue weighted by molar-refractivity contribution is 8.13. The highest BCUT2D eigenvalue weighted by atomic mass is 32.2. The maximum absolute atomic E-state index is 6.00. The third-order valence-corrected chi connectivity index (χ3v) is 5.74. The molecule has 3 aromatic carbocycles. The van der Waals surface area contributed by atoms with Crippen LogP contribution >= 0.6 is 11.8 Å². The standard InChI is InChI=1S/C25H27N3O2S/c1-18-8-7-11-22(19(18)2)16-30-23-13-12-21(14-24(23)29-3)15-27-28-25(26)31-17-20-9-5-4-6-10-20/h4-15H,16-17H2,1-3H3,(H2,26,28). The van der Waals surface area contributed by atoms with Crippen molar-refractivity contribution in [2.75, 3.05) is 7.11 Å². The molecule has 0 aliphatic carbocycles. The van der Waals surface area contributed by atoms with Gasteiger partial charge in [-0.25, -0.2) is 0 Å². The molecule has 31 heavy (non-hydrogen) atoms. The van der Waals surface area contributed by atoms with Gasteiger partial charge in [-0.2, -0.15) is 5.10 Å². The molecule has 2 N–H and O–H groups in total. The molecule has 0 unspecified atom stereocenters. The Morgan fingerprint density at radius 3 is 2.58 bits per heavy atom. The number of nitrogens with zero attached hydrogens (tertiary/aromatic N) is 2. The lowest BCUT2D eigenvalue weighted by Gasteiger charge is -2.13. The van der Waals surface area contributed by atoms with E-state index in [4.69, 9.17) is 15.2 Å². The van der Waals surface area contributed by atoms with E-state index < -0.39 is 0 Å². The molecule has 0 bridgehead atoms. The summed E-state index contributed by atoms with van der Waals surface area (Å²) < 4.78 is 11.5. The van der Waals surface area contributed by atoms with Crippen LogP contribution in [0.15, 0.2) is 76.9 Å². The van der Waals surface area contributed by atoms with Gasteiger partial charge in [-0.15, -0.1) is 5.10 Å². The molecule has 0 aliphatic rings. The number of amidine groups is 1. The third-order valence-electron chi connectivity index (χ3n) is 4.88. The molecule has 6 heteroatoms. The first-order valence-corrected chi connectivity index (χ1v) is 10.9. The predicted octanol–water partition coefficient (Wildman–Crippen LogP) is 5.47. The quantitative estimate of drug-likeness (QED) is 0.290. The van der Waals surface area contributed by atoms with E-state index in [0.717, 1.165) is 16.9 Å². The molecule has 0 spiro atoms. The lowest BCUT2D eigenvalue weighted by Crippen LogP contribution is -2.06. The van der Waals surface area contributed by atoms with E-state index in [1.807, 2.05) is 42.5 Å². The fourth-order valence-corrected chi connectivity index (χ4v) is 3.53. The maximum Gasteiger partial charge on any atom is 0.180 e. The second-order valence-electron chi connectivity index (χ2n) is 7.02. The van der Waals surface area contributed by atoms with Gasteiger partial charge in [-0.3, -0.25) is 0 Å². The van der Waals surface area contributed by atoms with Crippen LogP contribution in [0.1, 0.15) is 27.8 Å². The Hall–Kier alpha value is -3.25. The van der Waals surface area contributed by atoms with Gasteiger partial charge in [0.05, 0.1) is 13.3 Å². The summed E-state index contributed by atoms with van der Waals surface area (Å²) in [7, 11) is 1.62. The van der Waals surface area contributed by atoms with E-state index in [-0.39, 0.29) is 0 Å². The summed E-state index contributed by atoms with van der Waals surface area (Å²) in [5.74, 6) is 2.08. The topological polar surface area (TPSA) is 69.2 Å². The van der Waals surface area contributed by atoms with E-state index in [1.54, 1.807) is 13.3 Å². The van der Waals surface area contributed by atoms with Gasteiger partial charge in [0, 0.05) is 5.75 Å². The minimum Gasteiger partial charge on any atom is -0.493 e. The van der Waals surface area contributed by atoms with Crippen molar-refractivity contribution in [1.82, 2.24) is 0 Å². The third kappa shape index (κ3) is 6.62. The summed E-state index contributed by atoms with van der Waals surface area (Å²) in [5, 5.41) is 8.57. The summed E-state index contributed by atoms with van der Waals surface area (Å²) in [6.07, 6.45) is 1.65. The van der Waals surface area contributed by atoms with Gasteiger partial charge in [0.15, 0.2) is 16.7 Å². The number of rotatable bonds is 8. The van der Waals surface area contributed by atoms with Gasteiger partial charge in [-0.05, 0) is 59.9 Å². The van der Waals surface area contributed by atoms with Gasteiger partial charge in [0.2, 0.25) is 0 Å². The Balaban J connectivity index is 1.60. The SMILES string of the molecule is COc1cc(C=NN=C(N)SCc2ccccc2)ccc1OCc1cccc(C)c1C. The van der Waals surface area contributed by atoms with Crippen molar-refractivity contribution < 1.29 is 9.47 Å². The first kappa shape index (κ1) is 22.4. The summed E-state index contributed by atoms with van der Waals surface area (Å²) >= 11 is 1.45. The Kier molecular flexibility index (Phi) is 8.12. The number of ether oxygens (including phenoxy) is 2. The van der Waals surface area contributed by atoms with Crippen LogP contribution in [0.4, 0.5) is 0 Å². The average Bonchev–Trinajstić information content (AvgIpc) is 2.79. The van der Waals surface area contributed by atoms with Crippen LogP contribution in [0.3, 0.4) is 0 Å². The number of hydrogen-bond acceptors (Lipinski definition) is 5. The average molecular weight is 434 g/mol. The van der Waals surface area contributed by atoms with Crippen molar-refractivity contribution >= 4 is 23.1 Å². The summed E-state index contributed by atoms with van der Waals surface area (Å²) in [6.45, 7) is 4.69. The fourth-order valence-electron chi connectivity index (χ4n) is 2.92. The Labute approximate surface area is 188 Å². The van der Waals surface area contributed by atoms with Gasteiger partial charge < -0.3 is 15.2 Å². The van der Waals surface area contributed by atoms with Crippen LogP contribution in [0.2, 0.25) is 0 Å². The number of benzene rings is 3. The molecule has 0 fully saturated rings. The minimum absolute atomic E-state index is 0.417. The van der Waals surface area contributed by atoms with Crippen molar-refractivity contribution in [1.29, 1.82) is 0 Å². The molecule has 3 aromatic rings. The number of thioether (sulfide) groups is 1. The van der Waals surface area contributed by atoms with Crippen molar-refractivity contribution in [3.63, 3.8) is 0 Å². The van der Waals surface area contributed by atoms with Crippen molar-refractivity contribution in [3.05, 3.63) is 94.5 Å². The van der Waals surface area contributed by atoms with Crippen LogP contribution in [0.5, 0.6) is 11.5 Å². The lowest BCUT2D eigenvalue weighted by molar-refractivity contribution is 0.284. The molecule has 0 aromatic heterocycles. The number of aryl methyl sites for hydroxylation is 1. The lowest BCUT2D eigenvalue weighted by atomic mass is 10.0. The number of methoxy groups -OCH3 is 1. The zero-order chi connectivity index (χ0) is 22.1. The van der Waals surface area contributed by atoms with Crippen molar-refractivity contribution in [2.24, 2.45) is 15.9 Å². The molecule has 3 rings (SSSR count). The van der Waals surface area contributed by atoms with Crippen molar-refractivity contribution in [2.45, 2.75) is 26.2 Å². The van der Waals surface area contributed by atoms with E-state index in [1.165, 1.54) is 28.5 Å². The van der Waals surface area contributed by atoms with Crippen LogP contribution in [0, 0.1) is 13.8 Å². The van der Waals surface area contributed by atoms with Gasteiger partial charge in [-0.1, -0.05) is 60.3 Å². The normalized spacial score (nSPS) is 11.6. The van der Waals surface area contributed by atoms with Crippen molar-refractivity contribution in [3.8, 4) is 11.5 Å². The fraction of sp³-hybridized carbons (Fsp3) is 0.200. The summed E-state index contributed by atoms with van der Waals surface area (Å²) in [6, 6.07) is 22.0.